The SMILES string of the molecule is COc1ccc(S(=O)(=O)N(CC(=O)N(Cc2ccccc2F)[C@@H](Cc2ccccc2)C(=O)NC(C)C)c2ccc(Cl)cc2)cc1OC. The number of sulfonamides is 1. The molecule has 4 aromatic rings. The molecule has 248 valence electrons. The number of hydrogen-bond acceptors (Lipinski definition) is 6. The third-order valence-electron chi connectivity index (χ3n) is 7.34. The maximum atomic E-state index is 15.0. The van der Waals surface area contributed by atoms with Gasteiger partial charge in [0.25, 0.3) is 10.0 Å². The van der Waals surface area contributed by atoms with E-state index in [9.17, 15) is 18.0 Å². The molecule has 1 N–H and O–H groups in total. The van der Waals surface area contributed by atoms with E-state index in [0.717, 1.165) is 9.87 Å². The summed E-state index contributed by atoms with van der Waals surface area (Å²) in [5.74, 6) is -1.27. The largest absolute Gasteiger partial charge is 0.493 e. The van der Waals surface area contributed by atoms with Gasteiger partial charge in [0.05, 0.1) is 24.8 Å². The second-order valence-corrected chi connectivity index (χ2v) is 13.3. The van der Waals surface area contributed by atoms with E-state index in [1.807, 2.05) is 30.3 Å². The van der Waals surface area contributed by atoms with Crippen LogP contribution in [0.5, 0.6) is 11.5 Å². The molecule has 0 aliphatic carbocycles. The second kappa shape index (κ2) is 15.8. The van der Waals surface area contributed by atoms with Crippen LogP contribution in [0.15, 0.2) is 102 Å². The Labute approximate surface area is 279 Å². The fourth-order valence-electron chi connectivity index (χ4n) is 4.99. The summed E-state index contributed by atoms with van der Waals surface area (Å²) in [4.78, 5) is 29.3. The molecule has 4 aromatic carbocycles. The van der Waals surface area contributed by atoms with Crippen LogP contribution in [-0.2, 0) is 32.6 Å². The Kier molecular flexibility index (Phi) is 11.8. The minimum Gasteiger partial charge on any atom is -0.493 e. The molecular weight excluding hydrogens is 645 g/mol. The van der Waals surface area contributed by atoms with E-state index in [2.05, 4.69) is 5.32 Å². The van der Waals surface area contributed by atoms with Crippen molar-refractivity contribution in [3.05, 3.63) is 119 Å². The Morgan fingerprint density at radius 1 is 0.872 bits per heavy atom. The lowest BCUT2D eigenvalue weighted by Gasteiger charge is -2.34. The van der Waals surface area contributed by atoms with Crippen molar-refractivity contribution in [2.24, 2.45) is 0 Å². The van der Waals surface area contributed by atoms with Crippen LogP contribution >= 0.6 is 11.6 Å². The third kappa shape index (κ3) is 8.81. The van der Waals surface area contributed by atoms with Gasteiger partial charge in [-0.25, -0.2) is 12.8 Å². The van der Waals surface area contributed by atoms with E-state index < -0.39 is 40.2 Å². The zero-order chi connectivity index (χ0) is 34.1. The predicted molar refractivity (Wildman–Crippen MR) is 180 cm³/mol. The third-order valence-corrected chi connectivity index (χ3v) is 9.36. The summed E-state index contributed by atoms with van der Waals surface area (Å²) in [5.41, 5.74) is 1.07. The Hall–Kier alpha value is -4.61. The van der Waals surface area contributed by atoms with Crippen LogP contribution in [0.2, 0.25) is 5.02 Å². The molecular formula is C35H37ClFN3O6S. The number of benzene rings is 4. The van der Waals surface area contributed by atoms with Crippen molar-refractivity contribution in [3.8, 4) is 11.5 Å². The zero-order valence-electron chi connectivity index (χ0n) is 26.5. The average molecular weight is 682 g/mol. The van der Waals surface area contributed by atoms with E-state index in [1.165, 1.54) is 79.8 Å². The van der Waals surface area contributed by atoms with Crippen LogP contribution in [0.25, 0.3) is 0 Å². The summed E-state index contributed by atoms with van der Waals surface area (Å²) < 4.78 is 55.1. The number of carbonyl (C=O) groups excluding carboxylic acids is 2. The second-order valence-electron chi connectivity index (χ2n) is 11.0. The molecule has 0 aliphatic heterocycles. The summed E-state index contributed by atoms with van der Waals surface area (Å²) in [7, 11) is -1.62. The Morgan fingerprint density at radius 3 is 2.13 bits per heavy atom. The molecule has 12 heteroatoms. The van der Waals surface area contributed by atoms with Gasteiger partial charge in [0.1, 0.15) is 18.4 Å². The topological polar surface area (TPSA) is 105 Å². The van der Waals surface area contributed by atoms with E-state index in [-0.39, 0.29) is 40.9 Å². The summed E-state index contributed by atoms with van der Waals surface area (Å²) in [5, 5.41) is 3.23. The van der Waals surface area contributed by atoms with Crippen LogP contribution < -0.4 is 19.1 Å². The van der Waals surface area contributed by atoms with Crippen molar-refractivity contribution in [2.45, 2.75) is 43.8 Å². The molecule has 1 atom stereocenters. The Morgan fingerprint density at radius 2 is 1.51 bits per heavy atom. The molecule has 0 aromatic heterocycles. The minimum absolute atomic E-state index is 0.100. The first-order valence-electron chi connectivity index (χ1n) is 14.8. The van der Waals surface area contributed by atoms with Gasteiger partial charge in [-0.15, -0.1) is 0 Å². The highest BCUT2D eigenvalue weighted by atomic mass is 35.5. The van der Waals surface area contributed by atoms with Crippen LogP contribution in [-0.4, -0.2) is 58.0 Å². The van der Waals surface area contributed by atoms with Crippen molar-refractivity contribution < 1.29 is 31.9 Å². The molecule has 0 saturated carbocycles. The number of nitrogens with zero attached hydrogens (tertiary/aromatic N) is 2. The molecule has 9 nitrogen and oxygen atoms in total. The first-order valence-corrected chi connectivity index (χ1v) is 16.6. The standard InChI is InChI=1S/C35H37ClFN3O6S/c1-24(2)38-35(42)31(20-25-10-6-5-7-11-25)39(22-26-12-8-9-13-30(26)37)34(41)23-40(28-16-14-27(36)15-17-28)47(43,44)29-18-19-32(45-3)33(21-29)46-4/h5-19,21,24,31H,20,22-23H2,1-4H3,(H,38,42)/t31-/m0/s1. The van der Waals surface area contributed by atoms with Crippen molar-refractivity contribution >= 4 is 39.1 Å². The number of amides is 2. The van der Waals surface area contributed by atoms with Gasteiger partial charge in [-0.2, -0.15) is 0 Å². The van der Waals surface area contributed by atoms with Crippen LogP contribution in [0.3, 0.4) is 0 Å². The van der Waals surface area contributed by atoms with Gasteiger partial charge in [0, 0.05) is 35.7 Å². The molecule has 2 amide bonds. The lowest BCUT2D eigenvalue weighted by atomic mass is 10.0. The summed E-state index contributed by atoms with van der Waals surface area (Å²) in [6.45, 7) is 2.57. The van der Waals surface area contributed by atoms with E-state index in [4.69, 9.17) is 21.1 Å². The number of carbonyl (C=O) groups is 2. The molecule has 0 spiro atoms. The smallest absolute Gasteiger partial charge is 0.264 e. The number of halogens is 2. The highest BCUT2D eigenvalue weighted by Gasteiger charge is 2.35. The number of ether oxygens (including phenoxy) is 2. The van der Waals surface area contributed by atoms with Crippen molar-refractivity contribution in [1.82, 2.24) is 10.2 Å². The van der Waals surface area contributed by atoms with Gasteiger partial charge in [-0.1, -0.05) is 60.1 Å². The molecule has 0 fully saturated rings. The van der Waals surface area contributed by atoms with Crippen molar-refractivity contribution in [2.75, 3.05) is 25.1 Å². The molecule has 0 aliphatic rings. The highest BCUT2D eigenvalue weighted by molar-refractivity contribution is 7.92. The molecule has 0 heterocycles. The molecule has 47 heavy (non-hydrogen) atoms. The molecule has 4 rings (SSSR count). The number of hydrogen-bond donors (Lipinski definition) is 1. The summed E-state index contributed by atoms with van der Waals surface area (Å²) >= 11 is 6.12. The van der Waals surface area contributed by atoms with Crippen molar-refractivity contribution in [3.63, 3.8) is 0 Å². The van der Waals surface area contributed by atoms with Gasteiger partial charge in [-0.3, -0.25) is 13.9 Å². The number of rotatable bonds is 14. The fourth-order valence-corrected chi connectivity index (χ4v) is 6.54. The van der Waals surface area contributed by atoms with Crippen molar-refractivity contribution in [1.29, 1.82) is 0 Å². The molecule has 0 unspecified atom stereocenters. The maximum absolute atomic E-state index is 15.0. The summed E-state index contributed by atoms with van der Waals surface area (Å²) in [6.07, 6.45) is 0.100. The molecule has 0 saturated heterocycles. The van der Waals surface area contributed by atoms with Crippen LogP contribution in [0, 0.1) is 5.82 Å². The van der Waals surface area contributed by atoms with E-state index in [1.54, 1.807) is 19.9 Å². The number of methoxy groups -OCH3 is 2. The predicted octanol–water partition coefficient (Wildman–Crippen LogP) is 5.86. The van der Waals surface area contributed by atoms with Gasteiger partial charge >= 0.3 is 0 Å². The average Bonchev–Trinajstić information content (AvgIpc) is 3.06. The fraction of sp³-hybridized carbons (Fsp3) is 0.257. The summed E-state index contributed by atoms with van der Waals surface area (Å²) in [6, 6.07) is 23.7. The monoisotopic (exact) mass is 681 g/mol. The van der Waals surface area contributed by atoms with Gasteiger partial charge < -0.3 is 19.7 Å². The minimum atomic E-state index is -4.43. The lowest BCUT2D eigenvalue weighted by molar-refractivity contribution is -0.140. The first-order chi connectivity index (χ1) is 22.4. The Bertz CT molecular complexity index is 1790. The molecule has 0 radical (unpaired) electrons. The van der Waals surface area contributed by atoms with Crippen LogP contribution in [0.4, 0.5) is 10.1 Å². The highest BCUT2D eigenvalue weighted by Crippen LogP contribution is 2.33. The quantitative estimate of drug-likeness (QED) is 0.179. The Balaban J connectivity index is 1.83. The first kappa shape index (κ1) is 35.2. The van der Waals surface area contributed by atoms with Crippen LogP contribution in [0.1, 0.15) is 25.0 Å². The maximum Gasteiger partial charge on any atom is 0.264 e. The van der Waals surface area contributed by atoms with E-state index >= 15 is 4.39 Å². The van der Waals surface area contributed by atoms with Gasteiger partial charge in [0.2, 0.25) is 11.8 Å². The number of anilines is 1. The lowest BCUT2D eigenvalue weighted by Crippen LogP contribution is -2.54. The van der Waals surface area contributed by atoms with Gasteiger partial charge in [-0.05, 0) is 61.9 Å². The number of nitrogens with one attached hydrogen (secondary N) is 1. The normalized spacial score (nSPS) is 11.9. The molecule has 0 bridgehead atoms. The van der Waals surface area contributed by atoms with Gasteiger partial charge in [0.15, 0.2) is 11.5 Å². The zero-order valence-corrected chi connectivity index (χ0v) is 28.1. The van der Waals surface area contributed by atoms with E-state index in [0.29, 0.717) is 10.8 Å².